The van der Waals surface area contributed by atoms with E-state index in [2.05, 4.69) is 0 Å². The Labute approximate surface area is 104 Å². The molecule has 0 heterocycles. The van der Waals surface area contributed by atoms with Gasteiger partial charge in [0.05, 0.1) is 0 Å². The van der Waals surface area contributed by atoms with Crippen LogP contribution in [0.5, 0.6) is 5.75 Å². The van der Waals surface area contributed by atoms with E-state index in [0.717, 1.165) is 0 Å². The first-order valence-electron chi connectivity index (χ1n) is 4.88. The van der Waals surface area contributed by atoms with Crippen LogP contribution >= 0.6 is 0 Å². The molecule has 0 spiro atoms. The van der Waals surface area contributed by atoms with Crippen molar-refractivity contribution < 1.29 is 24.8 Å². The van der Waals surface area contributed by atoms with Gasteiger partial charge in [0.1, 0.15) is 0 Å². The average Bonchev–Trinajstić information content (AvgIpc) is 2.34. The molecule has 17 heavy (non-hydrogen) atoms. The van der Waals surface area contributed by atoms with Crippen LogP contribution in [0.4, 0.5) is 22.0 Å². The van der Waals surface area contributed by atoms with Gasteiger partial charge in [-0.2, -0.15) is 0 Å². The van der Waals surface area contributed by atoms with Crippen LogP contribution in [-0.2, 0) is 0 Å². The van der Waals surface area contributed by atoms with Gasteiger partial charge in [0, 0.05) is 0 Å². The molecule has 0 bridgehead atoms. The minimum atomic E-state index is -2.61. The third kappa shape index (κ3) is 2.87. The molecule has 0 aromatic heterocycles. The van der Waals surface area contributed by atoms with Crippen LogP contribution in [0.2, 0.25) is 8.26 Å². The first kappa shape index (κ1) is 14.6. The number of hydrogen-bond donors (Lipinski definition) is 0. The zero-order valence-corrected chi connectivity index (χ0v) is 12.6. The average molecular weight is 450 g/mol. The van der Waals surface area contributed by atoms with E-state index in [-0.39, 0.29) is 0 Å². The van der Waals surface area contributed by atoms with Gasteiger partial charge in [-0.3, -0.25) is 0 Å². The summed E-state index contributed by atoms with van der Waals surface area (Å²) in [5, 5.41) is 0. The molecule has 96 valence electrons. The van der Waals surface area contributed by atoms with Crippen molar-refractivity contribution in [3.63, 3.8) is 0 Å². The van der Waals surface area contributed by atoms with E-state index >= 15 is 0 Å². The molecule has 1 aromatic carbocycles. The Hall–Kier alpha value is -0.447. The maximum atomic E-state index is 13.2. The molecule has 0 N–H and O–H groups in total. The Balaban J connectivity index is 3.24. The van der Waals surface area contributed by atoms with Crippen LogP contribution in [0.15, 0.2) is 0 Å². The molecule has 0 aliphatic carbocycles. The summed E-state index contributed by atoms with van der Waals surface area (Å²) in [6, 6.07) is 0. The second-order valence-corrected chi connectivity index (χ2v) is 12.5. The van der Waals surface area contributed by atoms with Crippen molar-refractivity contribution in [1.29, 1.82) is 0 Å². The van der Waals surface area contributed by atoms with Crippen LogP contribution in [0.3, 0.4) is 0 Å². The summed E-state index contributed by atoms with van der Waals surface area (Å²) in [7, 11) is 0. The van der Waals surface area contributed by atoms with E-state index in [1.54, 1.807) is 13.8 Å². The fourth-order valence-corrected chi connectivity index (χ4v) is 5.52. The number of rotatable bonds is 4. The summed E-state index contributed by atoms with van der Waals surface area (Å²) in [5.41, 5.74) is 0. The molecule has 0 aliphatic heterocycles. The van der Waals surface area contributed by atoms with Crippen LogP contribution in [0.25, 0.3) is 0 Å². The molecular weight excluding hydrogens is 440 g/mol. The molecule has 0 unspecified atom stereocenters. The van der Waals surface area contributed by atoms with E-state index in [9.17, 15) is 22.0 Å². The molecule has 0 saturated heterocycles. The summed E-state index contributed by atoms with van der Waals surface area (Å²) in [4.78, 5) is 0. The summed E-state index contributed by atoms with van der Waals surface area (Å²) in [5.74, 6) is -11.0. The zero-order chi connectivity index (χ0) is 13.2. The minimum absolute atomic E-state index is 0.603. The van der Waals surface area contributed by atoms with Gasteiger partial charge in [0.25, 0.3) is 0 Å². The second kappa shape index (κ2) is 5.94. The molecule has 0 atom stereocenters. The van der Waals surface area contributed by atoms with Gasteiger partial charge in [0.15, 0.2) is 0 Å². The fraction of sp³-hybridized carbons (Fsp3) is 0.400. The summed E-state index contributed by atoms with van der Waals surface area (Å²) >= 11 is -2.61. The molecule has 1 aromatic rings. The SMILES string of the molecule is C[CH2][Bi]([CH2]C)[O]c1c(F)c(F)c(F)c(F)c1F. The van der Waals surface area contributed by atoms with Crippen molar-refractivity contribution in [3.8, 4) is 5.75 Å². The van der Waals surface area contributed by atoms with E-state index < -0.39 is 57.0 Å². The van der Waals surface area contributed by atoms with Crippen molar-refractivity contribution in [1.82, 2.24) is 0 Å². The second-order valence-electron chi connectivity index (χ2n) is 3.10. The zero-order valence-electron chi connectivity index (χ0n) is 9.16. The Kier molecular flexibility index (Phi) is 5.10. The summed E-state index contributed by atoms with van der Waals surface area (Å²) in [6.07, 6.45) is 0. The molecular formula is C10H10BiF5O. The molecule has 0 saturated carbocycles. The molecule has 1 rings (SSSR count). The monoisotopic (exact) mass is 450 g/mol. The summed E-state index contributed by atoms with van der Waals surface area (Å²) < 4.78 is 71.1. The van der Waals surface area contributed by atoms with E-state index in [1.165, 1.54) is 0 Å². The van der Waals surface area contributed by atoms with Gasteiger partial charge in [-0.25, -0.2) is 0 Å². The predicted octanol–water partition coefficient (Wildman–Crippen LogP) is 3.79. The van der Waals surface area contributed by atoms with Crippen molar-refractivity contribution >= 4 is 22.2 Å². The number of halogens is 5. The third-order valence-corrected chi connectivity index (χ3v) is 9.29. The van der Waals surface area contributed by atoms with Gasteiger partial charge in [-0.15, -0.1) is 0 Å². The normalized spacial score (nSPS) is 11.1. The molecule has 0 radical (unpaired) electrons. The molecule has 0 amide bonds. The van der Waals surface area contributed by atoms with Crippen LogP contribution in [0, 0.1) is 29.1 Å². The molecule has 7 heteroatoms. The molecule has 0 fully saturated rings. The van der Waals surface area contributed by atoms with Gasteiger partial charge in [-0.05, 0) is 0 Å². The van der Waals surface area contributed by atoms with Gasteiger partial charge in [-0.1, -0.05) is 0 Å². The Morgan fingerprint density at radius 2 is 1.12 bits per heavy atom. The maximum absolute atomic E-state index is 13.2. The standard InChI is InChI=1S/C6HF5O.2C2H5.Bi/c7-1-2(8)4(10)6(12)5(11)3(1)9;2*1-2;/h12H;2*1H2,2H3;/q;;;+1/p-1. The number of benzene rings is 1. The van der Waals surface area contributed by atoms with Gasteiger partial charge >= 0.3 is 104 Å². The van der Waals surface area contributed by atoms with Crippen molar-refractivity contribution in [2.75, 3.05) is 0 Å². The topological polar surface area (TPSA) is 9.23 Å². The van der Waals surface area contributed by atoms with E-state index in [1.807, 2.05) is 0 Å². The van der Waals surface area contributed by atoms with E-state index in [4.69, 9.17) is 2.81 Å². The summed E-state index contributed by atoms with van der Waals surface area (Å²) in [6.45, 7) is 3.54. The Morgan fingerprint density at radius 3 is 1.47 bits per heavy atom. The van der Waals surface area contributed by atoms with Crippen LogP contribution < -0.4 is 2.81 Å². The molecule has 0 aliphatic rings. The van der Waals surface area contributed by atoms with Gasteiger partial charge in [0.2, 0.25) is 0 Å². The van der Waals surface area contributed by atoms with Gasteiger partial charge < -0.3 is 0 Å². The van der Waals surface area contributed by atoms with Crippen LogP contribution in [0.1, 0.15) is 13.8 Å². The van der Waals surface area contributed by atoms with Crippen molar-refractivity contribution in [2.45, 2.75) is 22.1 Å². The van der Waals surface area contributed by atoms with Crippen molar-refractivity contribution in [3.05, 3.63) is 29.1 Å². The van der Waals surface area contributed by atoms with Crippen LogP contribution in [-0.4, -0.2) is 22.2 Å². The predicted molar refractivity (Wildman–Crippen MR) is 53.6 cm³/mol. The van der Waals surface area contributed by atoms with Crippen molar-refractivity contribution in [2.24, 2.45) is 0 Å². The first-order valence-corrected chi connectivity index (χ1v) is 11.2. The Morgan fingerprint density at radius 1 is 0.765 bits per heavy atom. The Bertz CT molecular complexity index is 391. The quantitative estimate of drug-likeness (QED) is 0.294. The molecule has 1 nitrogen and oxygen atoms in total. The van der Waals surface area contributed by atoms with E-state index in [0.29, 0.717) is 8.26 Å². The first-order chi connectivity index (χ1) is 7.93. The number of hydrogen-bond acceptors (Lipinski definition) is 1. The third-order valence-electron chi connectivity index (χ3n) is 2.10. The fourth-order valence-electron chi connectivity index (χ4n) is 1.15.